The maximum Gasteiger partial charge on any atom is 0.123 e. The van der Waals surface area contributed by atoms with Crippen LogP contribution < -0.4 is 0 Å². The standard InChI is InChI=1S/C17H19FN2O/c1-21-12-15-9-19-8-14-11-20(7-6-17(14)15)10-13-2-4-16(18)5-3-13/h2-5,8-9H,6-7,10-12H2,1H3. The predicted octanol–water partition coefficient (Wildman–Crippen LogP) is 2.93. The summed E-state index contributed by atoms with van der Waals surface area (Å²) in [7, 11) is 1.71. The van der Waals surface area contributed by atoms with Crippen LogP contribution in [0.25, 0.3) is 0 Å². The minimum Gasteiger partial charge on any atom is -0.380 e. The molecule has 1 aromatic heterocycles. The van der Waals surface area contributed by atoms with Gasteiger partial charge in [-0.25, -0.2) is 4.39 Å². The van der Waals surface area contributed by atoms with E-state index in [0.29, 0.717) is 6.61 Å². The monoisotopic (exact) mass is 286 g/mol. The van der Waals surface area contributed by atoms with Gasteiger partial charge >= 0.3 is 0 Å². The van der Waals surface area contributed by atoms with Gasteiger partial charge in [-0.15, -0.1) is 0 Å². The largest absolute Gasteiger partial charge is 0.380 e. The highest BCUT2D eigenvalue weighted by Gasteiger charge is 2.19. The van der Waals surface area contributed by atoms with E-state index in [0.717, 1.165) is 31.6 Å². The van der Waals surface area contributed by atoms with Crippen molar-refractivity contribution in [2.24, 2.45) is 0 Å². The molecule has 1 aliphatic heterocycles. The number of halogens is 1. The van der Waals surface area contributed by atoms with Crippen LogP contribution in [0.2, 0.25) is 0 Å². The third kappa shape index (κ3) is 3.28. The number of nitrogens with zero attached hydrogens (tertiary/aromatic N) is 2. The SMILES string of the molecule is COCc1cncc2c1CCN(Cc1ccc(F)cc1)C2. The van der Waals surface area contributed by atoms with Crippen molar-refractivity contribution in [3.63, 3.8) is 0 Å². The third-order valence-electron chi connectivity index (χ3n) is 3.93. The second kappa shape index (κ2) is 6.33. The summed E-state index contributed by atoms with van der Waals surface area (Å²) in [6, 6.07) is 6.74. The van der Waals surface area contributed by atoms with Crippen molar-refractivity contribution in [2.45, 2.75) is 26.1 Å². The summed E-state index contributed by atoms with van der Waals surface area (Å²) in [5, 5.41) is 0. The van der Waals surface area contributed by atoms with Gasteiger partial charge in [-0.1, -0.05) is 12.1 Å². The third-order valence-corrected chi connectivity index (χ3v) is 3.93. The van der Waals surface area contributed by atoms with E-state index in [4.69, 9.17) is 4.74 Å². The van der Waals surface area contributed by atoms with Crippen LogP contribution >= 0.6 is 0 Å². The molecule has 2 aromatic rings. The molecule has 0 fully saturated rings. The number of pyridine rings is 1. The van der Waals surface area contributed by atoms with E-state index in [1.807, 2.05) is 24.5 Å². The Morgan fingerprint density at radius 3 is 2.81 bits per heavy atom. The first-order valence-electron chi connectivity index (χ1n) is 7.16. The van der Waals surface area contributed by atoms with Crippen molar-refractivity contribution in [1.29, 1.82) is 0 Å². The van der Waals surface area contributed by atoms with Crippen LogP contribution in [0.3, 0.4) is 0 Å². The van der Waals surface area contributed by atoms with Gasteiger partial charge in [0.15, 0.2) is 0 Å². The average molecular weight is 286 g/mol. The van der Waals surface area contributed by atoms with Crippen molar-refractivity contribution < 1.29 is 9.13 Å². The minimum atomic E-state index is -0.184. The van der Waals surface area contributed by atoms with Crippen LogP contribution in [0, 0.1) is 5.82 Å². The zero-order chi connectivity index (χ0) is 14.7. The first-order valence-corrected chi connectivity index (χ1v) is 7.16. The number of rotatable bonds is 4. The molecule has 3 nitrogen and oxygen atoms in total. The zero-order valence-corrected chi connectivity index (χ0v) is 12.2. The Labute approximate surface area is 124 Å². The van der Waals surface area contributed by atoms with Crippen molar-refractivity contribution >= 4 is 0 Å². The lowest BCUT2D eigenvalue weighted by atomic mass is 9.97. The van der Waals surface area contributed by atoms with Crippen LogP contribution in [0.15, 0.2) is 36.7 Å². The molecule has 21 heavy (non-hydrogen) atoms. The van der Waals surface area contributed by atoms with Crippen molar-refractivity contribution in [3.8, 4) is 0 Å². The number of hydrogen-bond acceptors (Lipinski definition) is 3. The lowest BCUT2D eigenvalue weighted by Crippen LogP contribution is -2.31. The van der Waals surface area contributed by atoms with Crippen molar-refractivity contribution in [2.75, 3.05) is 13.7 Å². The Morgan fingerprint density at radius 2 is 2.05 bits per heavy atom. The van der Waals surface area contributed by atoms with Gasteiger partial charge in [0, 0.05) is 39.1 Å². The van der Waals surface area contributed by atoms with Crippen LogP contribution in [0.1, 0.15) is 22.3 Å². The summed E-state index contributed by atoms with van der Waals surface area (Å²) >= 11 is 0. The molecule has 0 saturated heterocycles. The Morgan fingerprint density at radius 1 is 1.24 bits per heavy atom. The fraction of sp³-hybridized carbons (Fsp3) is 0.353. The molecule has 0 bridgehead atoms. The maximum absolute atomic E-state index is 12.9. The van der Waals surface area contributed by atoms with Gasteiger partial charge in [0.05, 0.1) is 6.61 Å². The summed E-state index contributed by atoms with van der Waals surface area (Å²) in [6.07, 6.45) is 4.86. The number of methoxy groups -OCH3 is 1. The van der Waals surface area contributed by atoms with Crippen LogP contribution in [-0.2, 0) is 30.9 Å². The summed E-state index contributed by atoms with van der Waals surface area (Å²) in [6.45, 7) is 3.35. The normalized spacial score (nSPS) is 15.0. The van der Waals surface area contributed by atoms with Gasteiger partial charge in [-0.05, 0) is 40.8 Å². The number of benzene rings is 1. The molecule has 0 spiro atoms. The van der Waals surface area contributed by atoms with Crippen LogP contribution in [0.5, 0.6) is 0 Å². The highest BCUT2D eigenvalue weighted by atomic mass is 19.1. The molecule has 0 unspecified atom stereocenters. The summed E-state index contributed by atoms with van der Waals surface area (Å²) in [5.41, 5.74) is 4.98. The predicted molar refractivity (Wildman–Crippen MR) is 79.2 cm³/mol. The van der Waals surface area contributed by atoms with E-state index in [-0.39, 0.29) is 5.82 Å². The highest BCUT2D eigenvalue weighted by Crippen LogP contribution is 2.23. The van der Waals surface area contributed by atoms with Crippen LogP contribution in [-0.4, -0.2) is 23.5 Å². The fourth-order valence-electron chi connectivity index (χ4n) is 2.89. The Kier molecular flexibility index (Phi) is 4.27. The Bertz CT molecular complexity index is 613. The molecule has 3 rings (SSSR count). The molecule has 1 aliphatic rings. The van der Waals surface area contributed by atoms with Gasteiger partial charge in [-0.2, -0.15) is 0 Å². The molecule has 0 N–H and O–H groups in total. The molecule has 0 saturated carbocycles. The number of fused-ring (bicyclic) bond motifs is 1. The summed E-state index contributed by atoms with van der Waals surface area (Å²) < 4.78 is 18.2. The molecule has 0 atom stereocenters. The molecular weight excluding hydrogens is 267 g/mol. The number of aromatic nitrogens is 1. The second-order valence-corrected chi connectivity index (χ2v) is 5.46. The van der Waals surface area contributed by atoms with E-state index in [2.05, 4.69) is 9.88 Å². The lowest BCUT2D eigenvalue weighted by molar-refractivity contribution is 0.181. The zero-order valence-electron chi connectivity index (χ0n) is 12.2. The summed E-state index contributed by atoms with van der Waals surface area (Å²) in [4.78, 5) is 6.68. The van der Waals surface area contributed by atoms with E-state index < -0.39 is 0 Å². The molecule has 0 aliphatic carbocycles. The highest BCUT2D eigenvalue weighted by molar-refractivity contribution is 5.33. The van der Waals surface area contributed by atoms with Gasteiger partial charge in [0.25, 0.3) is 0 Å². The fourth-order valence-corrected chi connectivity index (χ4v) is 2.89. The molecule has 2 heterocycles. The van der Waals surface area contributed by atoms with Crippen LogP contribution in [0.4, 0.5) is 4.39 Å². The van der Waals surface area contributed by atoms with E-state index in [9.17, 15) is 4.39 Å². The topological polar surface area (TPSA) is 25.4 Å². The molecule has 110 valence electrons. The van der Waals surface area contributed by atoms with Crippen molar-refractivity contribution in [3.05, 3.63) is 64.7 Å². The van der Waals surface area contributed by atoms with Gasteiger partial charge < -0.3 is 4.74 Å². The average Bonchev–Trinajstić information content (AvgIpc) is 2.50. The Balaban J connectivity index is 1.72. The van der Waals surface area contributed by atoms with E-state index in [1.54, 1.807) is 7.11 Å². The Hall–Kier alpha value is -1.78. The second-order valence-electron chi connectivity index (χ2n) is 5.46. The summed E-state index contributed by atoms with van der Waals surface area (Å²) in [5.74, 6) is -0.184. The van der Waals surface area contributed by atoms with Crippen molar-refractivity contribution in [1.82, 2.24) is 9.88 Å². The molecule has 1 aromatic carbocycles. The number of ether oxygens (including phenoxy) is 1. The molecule has 0 amide bonds. The quantitative estimate of drug-likeness (QED) is 0.864. The van der Waals surface area contributed by atoms with Gasteiger partial charge in [-0.3, -0.25) is 9.88 Å². The smallest absolute Gasteiger partial charge is 0.123 e. The van der Waals surface area contributed by atoms with E-state index >= 15 is 0 Å². The lowest BCUT2D eigenvalue weighted by Gasteiger charge is -2.29. The molecular formula is C17H19FN2O. The first-order chi connectivity index (χ1) is 10.3. The minimum absolute atomic E-state index is 0.184. The molecule has 4 heteroatoms. The van der Waals surface area contributed by atoms with E-state index in [1.165, 1.54) is 28.8 Å². The van der Waals surface area contributed by atoms with Gasteiger partial charge in [0.2, 0.25) is 0 Å². The number of hydrogen-bond donors (Lipinski definition) is 0. The van der Waals surface area contributed by atoms with Gasteiger partial charge in [0.1, 0.15) is 5.82 Å². The molecule has 0 radical (unpaired) electrons. The maximum atomic E-state index is 12.9. The first kappa shape index (κ1) is 14.2.